The zero-order valence-corrected chi connectivity index (χ0v) is 25.8. The molecule has 0 saturated heterocycles. The van der Waals surface area contributed by atoms with Gasteiger partial charge in [-0.25, -0.2) is 13.2 Å². The molecule has 1 fully saturated rings. The van der Waals surface area contributed by atoms with Gasteiger partial charge in [-0.05, 0) is 61.9 Å². The first-order valence-electron chi connectivity index (χ1n) is 13.3. The van der Waals surface area contributed by atoms with Crippen molar-refractivity contribution in [1.29, 1.82) is 5.26 Å². The maximum absolute atomic E-state index is 15.5. The van der Waals surface area contributed by atoms with E-state index in [-0.39, 0.29) is 28.4 Å². The van der Waals surface area contributed by atoms with E-state index < -0.39 is 80.4 Å². The third-order valence-corrected chi connectivity index (χ3v) is 8.47. The maximum Gasteiger partial charge on any atom is 0.419 e. The molecule has 46 heavy (non-hydrogen) atoms. The molecule has 3 atom stereocenters. The molecule has 0 bridgehead atoms. The van der Waals surface area contributed by atoms with E-state index >= 15 is 4.39 Å². The zero-order valence-electron chi connectivity index (χ0n) is 23.6. The number of alkyl halides is 5. The highest BCUT2D eigenvalue weighted by atomic mass is 35.5. The van der Waals surface area contributed by atoms with Crippen LogP contribution in [0.25, 0.3) is 0 Å². The van der Waals surface area contributed by atoms with Gasteiger partial charge in [-0.3, -0.25) is 14.4 Å². The number of carbonyl (C=O) groups excluding carboxylic acids is 3. The largest absolute Gasteiger partial charge is 0.419 e. The van der Waals surface area contributed by atoms with Gasteiger partial charge in [0.15, 0.2) is 5.82 Å². The van der Waals surface area contributed by atoms with E-state index in [2.05, 4.69) is 10.6 Å². The van der Waals surface area contributed by atoms with Crippen molar-refractivity contribution < 1.29 is 40.7 Å². The SMILES string of the molecule is CCN(C(=O)C(C)C#N)c1c(F)ccc(NC(=O)c2cc(NC(=O)[C@H]3C(c4ccc(F)c(C(F)(F)F)c4)C3(Cl)Cl)ccc2Cl)c1F. The normalized spacial score (nSPS) is 17.4. The van der Waals surface area contributed by atoms with E-state index in [4.69, 9.17) is 40.1 Å². The molecule has 1 aliphatic rings. The molecule has 0 heterocycles. The van der Waals surface area contributed by atoms with Gasteiger partial charge in [0.05, 0.1) is 33.8 Å². The summed E-state index contributed by atoms with van der Waals surface area (Å²) in [5.74, 6) is -10.3. The van der Waals surface area contributed by atoms with E-state index in [1.807, 2.05) is 0 Å². The second kappa shape index (κ2) is 13.0. The minimum Gasteiger partial charge on any atom is -0.326 e. The number of anilines is 3. The Balaban J connectivity index is 1.56. The Labute approximate surface area is 273 Å². The Morgan fingerprint density at radius 2 is 1.67 bits per heavy atom. The van der Waals surface area contributed by atoms with Crippen molar-refractivity contribution in [3.05, 3.63) is 87.7 Å². The summed E-state index contributed by atoms with van der Waals surface area (Å²) in [7, 11) is 0. The predicted octanol–water partition coefficient (Wildman–Crippen LogP) is 8.07. The smallest absolute Gasteiger partial charge is 0.326 e. The van der Waals surface area contributed by atoms with E-state index in [0.717, 1.165) is 29.2 Å². The topological polar surface area (TPSA) is 102 Å². The van der Waals surface area contributed by atoms with Gasteiger partial charge in [0.25, 0.3) is 5.91 Å². The molecule has 0 radical (unpaired) electrons. The Morgan fingerprint density at radius 3 is 2.28 bits per heavy atom. The van der Waals surface area contributed by atoms with Crippen LogP contribution in [0.2, 0.25) is 5.02 Å². The molecule has 3 aromatic rings. The molecule has 1 saturated carbocycles. The number of nitrogens with one attached hydrogen (secondary N) is 2. The summed E-state index contributed by atoms with van der Waals surface area (Å²) < 4.78 is 81.7. The molecule has 242 valence electrons. The zero-order chi connectivity index (χ0) is 34.3. The number of benzene rings is 3. The Kier molecular flexibility index (Phi) is 9.87. The summed E-state index contributed by atoms with van der Waals surface area (Å²) in [5, 5.41) is 13.6. The quantitative estimate of drug-likeness (QED) is 0.183. The Bertz CT molecular complexity index is 1780. The van der Waals surface area contributed by atoms with Gasteiger partial charge >= 0.3 is 6.18 Å². The van der Waals surface area contributed by atoms with E-state index in [1.54, 1.807) is 6.07 Å². The standard InChI is InChI=1S/C30H21Cl3F6N4O3/c1-3-43(28(46)13(2)12-40)25-20(35)8-9-21(24(25)36)42-26(44)16-11-15(5-6-18(16)31)41-27(45)23-22(29(23,32)33)14-4-7-19(34)17(10-14)30(37,38)39/h4-11,13,22-23H,3H2,1-2H3,(H,41,45)(H,42,44)/t13?,22?,23-/m1/s1. The molecular weight excluding hydrogens is 685 g/mol. The minimum absolute atomic E-state index is 0.0297. The van der Waals surface area contributed by atoms with Crippen LogP contribution >= 0.6 is 34.8 Å². The van der Waals surface area contributed by atoms with Crippen molar-refractivity contribution >= 4 is 69.6 Å². The molecule has 2 unspecified atom stereocenters. The second-order valence-corrected chi connectivity index (χ2v) is 12.0. The average Bonchev–Trinajstić information content (AvgIpc) is 3.57. The Hall–Kier alpha value is -3.99. The first-order chi connectivity index (χ1) is 21.4. The average molecular weight is 706 g/mol. The van der Waals surface area contributed by atoms with E-state index in [0.29, 0.717) is 12.1 Å². The number of nitrogens with zero attached hydrogens (tertiary/aromatic N) is 2. The fourth-order valence-electron chi connectivity index (χ4n) is 4.81. The van der Waals surface area contributed by atoms with Crippen LogP contribution < -0.4 is 15.5 Å². The number of carbonyl (C=O) groups is 3. The first-order valence-corrected chi connectivity index (χ1v) is 14.4. The van der Waals surface area contributed by atoms with E-state index in [1.165, 1.54) is 26.0 Å². The van der Waals surface area contributed by atoms with Crippen LogP contribution in [0.15, 0.2) is 48.5 Å². The predicted molar refractivity (Wildman–Crippen MR) is 159 cm³/mol. The van der Waals surface area contributed by atoms with Gasteiger partial charge < -0.3 is 15.5 Å². The summed E-state index contributed by atoms with van der Waals surface area (Å²) in [5.41, 5.74) is -3.30. The molecule has 7 nitrogen and oxygen atoms in total. The van der Waals surface area contributed by atoms with Gasteiger partial charge in [-0.1, -0.05) is 17.7 Å². The maximum atomic E-state index is 15.5. The third kappa shape index (κ3) is 6.74. The second-order valence-electron chi connectivity index (χ2n) is 10.2. The van der Waals surface area contributed by atoms with Gasteiger partial charge in [0.2, 0.25) is 11.8 Å². The lowest BCUT2D eigenvalue weighted by atomic mass is 10.0. The molecule has 0 aromatic heterocycles. The van der Waals surface area contributed by atoms with Crippen LogP contribution in [0.5, 0.6) is 0 Å². The summed E-state index contributed by atoms with van der Waals surface area (Å²) in [6.07, 6.45) is -5.00. The lowest BCUT2D eigenvalue weighted by molar-refractivity contribution is -0.140. The highest BCUT2D eigenvalue weighted by Gasteiger charge is 2.67. The third-order valence-electron chi connectivity index (χ3n) is 7.20. The minimum atomic E-state index is -5.00. The lowest BCUT2D eigenvalue weighted by Crippen LogP contribution is -2.36. The fourth-order valence-corrected chi connectivity index (χ4v) is 5.84. The summed E-state index contributed by atoms with van der Waals surface area (Å²) in [4.78, 5) is 39.5. The van der Waals surface area contributed by atoms with Crippen molar-refractivity contribution in [1.82, 2.24) is 0 Å². The molecule has 2 N–H and O–H groups in total. The van der Waals surface area contributed by atoms with Crippen molar-refractivity contribution in [3.63, 3.8) is 0 Å². The highest BCUT2D eigenvalue weighted by Crippen LogP contribution is 2.65. The fraction of sp³-hybridized carbons (Fsp3) is 0.267. The molecule has 0 spiro atoms. The van der Waals surface area contributed by atoms with Crippen LogP contribution in [-0.2, 0) is 15.8 Å². The van der Waals surface area contributed by atoms with Crippen molar-refractivity contribution in [2.24, 2.45) is 11.8 Å². The molecule has 3 amide bonds. The van der Waals surface area contributed by atoms with Crippen LogP contribution in [-0.4, -0.2) is 28.6 Å². The molecule has 3 aromatic carbocycles. The molecule has 1 aliphatic carbocycles. The number of amides is 3. The molecule has 0 aliphatic heterocycles. The molecular formula is C30H21Cl3F6N4O3. The lowest BCUT2D eigenvalue weighted by Gasteiger charge is -2.24. The van der Waals surface area contributed by atoms with Crippen molar-refractivity contribution in [2.45, 2.75) is 30.3 Å². The number of rotatable bonds is 8. The summed E-state index contributed by atoms with van der Waals surface area (Å²) in [6, 6.07) is 9.18. The van der Waals surface area contributed by atoms with Crippen LogP contribution in [0.3, 0.4) is 0 Å². The van der Waals surface area contributed by atoms with Crippen molar-refractivity contribution in [3.8, 4) is 6.07 Å². The van der Waals surface area contributed by atoms with Gasteiger partial charge in [-0.2, -0.15) is 18.4 Å². The van der Waals surface area contributed by atoms with Crippen LogP contribution in [0, 0.1) is 40.6 Å². The number of hydrogen-bond acceptors (Lipinski definition) is 4. The van der Waals surface area contributed by atoms with Gasteiger partial charge in [0.1, 0.15) is 27.6 Å². The van der Waals surface area contributed by atoms with Crippen molar-refractivity contribution in [2.75, 3.05) is 22.1 Å². The Morgan fingerprint density at radius 1 is 1.02 bits per heavy atom. The summed E-state index contributed by atoms with van der Waals surface area (Å²) >= 11 is 18.6. The summed E-state index contributed by atoms with van der Waals surface area (Å²) in [6.45, 7) is 2.51. The van der Waals surface area contributed by atoms with Gasteiger partial charge in [0, 0.05) is 18.2 Å². The first kappa shape index (κ1) is 34.9. The highest BCUT2D eigenvalue weighted by molar-refractivity contribution is 6.53. The van der Waals surface area contributed by atoms with Crippen LogP contribution in [0.1, 0.15) is 41.3 Å². The number of halogens is 9. The molecule has 4 rings (SSSR count). The van der Waals surface area contributed by atoms with Gasteiger partial charge in [-0.15, -0.1) is 23.2 Å². The van der Waals surface area contributed by atoms with Crippen LogP contribution in [0.4, 0.5) is 43.4 Å². The van der Waals surface area contributed by atoms with E-state index in [9.17, 15) is 36.3 Å². The number of nitriles is 1. The number of hydrogen-bond donors (Lipinski definition) is 2. The molecule has 16 heteroatoms. The monoisotopic (exact) mass is 704 g/mol.